The highest BCUT2D eigenvalue weighted by molar-refractivity contribution is 5.96. The second kappa shape index (κ2) is 15.0. The van der Waals surface area contributed by atoms with E-state index >= 15 is 0 Å². The number of carboxylic acids is 1. The van der Waals surface area contributed by atoms with Gasteiger partial charge in [0.2, 0.25) is 29.5 Å². The van der Waals surface area contributed by atoms with Crippen LogP contribution in [0.25, 0.3) is 0 Å². The van der Waals surface area contributed by atoms with Crippen LogP contribution in [0.4, 0.5) is 0 Å². The first-order valence-corrected chi connectivity index (χ1v) is 11.2. The molecule has 0 fully saturated rings. The Morgan fingerprint density at radius 3 is 1.42 bits per heavy atom. The fraction of sp³-hybridized carbons (Fsp3) is 0.714. The summed E-state index contributed by atoms with van der Waals surface area (Å²) in [5, 5.41) is 49.5. The molecule has 0 unspecified atom stereocenters. The zero-order valence-corrected chi connectivity index (χ0v) is 21.1. The number of aliphatic hydroxyl groups is 3. The fourth-order valence-electron chi connectivity index (χ4n) is 2.91. The predicted molar refractivity (Wildman–Crippen MR) is 124 cm³/mol. The van der Waals surface area contributed by atoms with Gasteiger partial charge >= 0.3 is 5.97 Å². The minimum absolute atomic E-state index is 0.442. The number of carboxylic acid groups (broad SMARTS) is 1. The number of rotatable bonds is 14. The lowest BCUT2D eigenvalue weighted by Crippen LogP contribution is -2.62. The molecule has 15 heteroatoms. The first-order chi connectivity index (χ1) is 16.5. The molecule has 206 valence electrons. The monoisotopic (exact) mass is 519 g/mol. The van der Waals surface area contributed by atoms with E-state index in [4.69, 9.17) is 0 Å². The quantitative estimate of drug-likeness (QED) is 0.107. The number of carbonyl (C=O) groups is 6. The minimum atomic E-state index is -1.64. The predicted octanol–water partition coefficient (Wildman–Crippen LogP) is -4.06. The minimum Gasteiger partial charge on any atom is -0.480 e. The molecule has 0 radical (unpaired) electrons. The Bertz CT molecular complexity index is 817. The summed E-state index contributed by atoms with van der Waals surface area (Å²) in [6.45, 7) is 7.07. The topological polar surface area (TPSA) is 243 Å². The summed E-state index contributed by atoms with van der Waals surface area (Å²) in [7, 11) is 0. The Kier molecular flexibility index (Phi) is 13.6. The van der Waals surface area contributed by atoms with Crippen molar-refractivity contribution in [3.63, 3.8) is 0 Å². The molecule has 0 aliphatic rings. The molecule has 36 heavy (non-hydrogen) atoms. The lowest BCUT2D eigenvalue weighted by atomic mass is 10.0. The smallest absolute Gasteiger partial charge is 0.326 e. The first-order valence-electron chi connectivity index (χ1n) is 11.2. The largest absolute Gasteiger partial charge is 0.480 e. The van der Waals surface area contributed by atoms with Gasteiger partial charge in [-0.1, -0.05) is 13.8 Å². The normalized spacial score (nSPS) is 16.8. The Morgan fingerprint density at radius 1 is 0.639 bits per heavy atom. The Hall–Kier alpha value is -3.30. The number of hydrogen-bond acceptors (Lipinski definition) is 9. The van der Waals surface area contributed by atoms with Crippen LogP contribution in [0.15, 0.2) is 0 Å². The molecule has 9 N–H and O–H groups in total. The van der Waals surface area contributed by atoms with Gasteiger partial charge in [-0.15, -0.1) is 0 Å². The number of nitrogens with one attached hydrogen (secondary N) is 5. The molecule has 0 heterocycles. The third-order valence-corrected chi connectivity index (χ3v) is 4.98. The third kappa shape index (κ3) is 10.5. The Morgan fingerprint density at radius 2 is 1.06 bits per heavy atom. The van der Waals surface area contributed by atoms with Crippen molar-refractivity contribution in [2.24, 2.45) is 5.92 Å². The van der Waals surface area contributed by atoms with Gasteiger partial charge in [0.15, 0.2) is 0 Å². The molecule has 0 rings (SSSR count). The van der Waals surface area contributed by atoms with Crippen LogP contribution in [0.3, 0.4) is 0 Å². The van der Waals surface area contributed by atoms with E-state index in [1.165, 1.54) is 13.8 Å². The SMILES string of the molecule is CC(=O)N[C@@H](CO)C(=O)N[C@H](C(=O)N[C@H](C(=O)N[C@@H](C)C(=O)N[C@H](C(=O)O)C(C)C)[C@@H](C)O)[C@@H](C)O. The standard InChI is InChI=1S/C21H37N5O10/c1-8(2)14(21(35)36)24-17(31)9(3)22-19(33)15(10(4)28)26-20(34)16(11(5)29)25-18(32)13(7-27)23-12(6)30/h8-11,13-16,27-29H,7H2,1-6H3,(H,22,33)(H,23,30)(H,24,31)(H,25,32)(H,26,34)(H,35,36)/t9-,10+,11+,13-,14-,15-,16-/m0/s1. The van der Waals surface area contributed by atoms with E-state index < -0.39 is 90.4 Å². The van der Waals surface area contributed by atoms with Crippen LogP contribution in [0.1, 0.15) is 41.5 Å². The van der Waals surface area contributed by atoms with E-state index in [9.17, 15) is 49.2 Å². The lowest BCUT2D eigenvalue weighted by molar-refractivity contribution is -0.143. The maximum atomic E-state index is 12.7. The van der Waals surface area contributed by atoms with Crippen LogP contribution in [0.2, 0.25) is 0 Å². The van der Waals surface area contributed by atoms with Gasteiger partial charge in [-0.25, -0.2) is 4.79 Å². The third-order valence-electron chi connectivity index (χ3n) is 4.98. The average Bonchev–Trinajstić information content (AvgIpc) is 2.75. The second-order valence-electron chi connectivity index (χ2n) is 8.69. The van der Waals surface area contributed by atoms with Gasteiger partial charge in [0.25, 0.3) is 0 Å². The zero-order chi connectivity index (χ0) is 28.3. The van der Waals surface area contributed by atoms with Gasteiger partial charge < -0.3 is 47.0 Å². The number of carbonyl (C=O) groups excluding carboxylic acids is 5. The molecule has 15 nitrogen and oxygen atoms in total. The Balaban J connectivity index is 5.42. The van der Waals surface area contributed by atoms with Gasteiger partial charge in [-0.05, 0) is 26.7 Å². The van der Waals surface area contributed by atoms with Crippen LogP contribution in [-0.4, -0.2) is 105 Å². The van der Waals surface area contributed by atoms with E-state index in [1.807, 2.05) is 0 Å². The number of amides is 5. The summed E-state index contributed by atoms with van der Waals surface area (Å²) >= 11 is 0. The highest BCUT2D eigenvalue weighted by atomic mass is 16.4. The number of hydrogen-bond donors (Lipinski definition) is 9. The summed E-state index contributed by atoms with van der Waals surface area (Å²) in [5.41, 5.74) is 0. The molecular formula is C21H37N5O10. The van der Waals surface area contributed by atoms with Crippen molar-refractivity contribution in [1.82, 2.24) is 26.6 Å². The molecule has 5 amide bonds. The average molecular weight is 520 g/mol. The highest BCUT2D eigenvalue weighted by Gasteiger charge is 2.34. The van der Waals surface area contributed by atoms with Gasteiger partial charge in [0.1, 0.15) is 30.2 Å². The van der Waals surface area contributed by atoms with Crippen molar-refractivity contribution in [3.05, 3.63) is 0 Å². The summed E-state index contributed by atoms with van der Waals surface area (Å²) in [6, 6.07) is -7.13. The van der Waals surface area contributed by atoms with Crippen molar-refractivity contribution in [2.45, 2.75) is 84.0 Å². The first kappa shape index (κ1) is 32.7. The van der Waals surface area contributed by atoms with Crippen LogP contribution in [0, 0.1) is 5.92 Å². The van der Waals surface area contributed by atoms with Gasteiger partial charge in [-0.3, -0.25) is 24.0 Å². The van der Waals surface area contributed by atoms with Crippen LogP contribution in [-0.2, 0) is 28.8 Å². The van der Waals surface area contributed by atoms with E-state index in [0.29, 0.717) is 0 Å². The summed E-state index contributed by atoms with van der Waals surface area (Å²) in [4.78, 5) is 72.5. The van der Waals surface area contributed by atoms with Crippen LogP contribution >= 0.6 is 0 Å². The van der Waals surface area contributed by atoms with Crippen LogP contribution in [0.5, 0.6) is 0 Å². The van der Waals surface area contributed by atoms with Crippen LogP contribution < -0.4 is 26.6 Å². The number of aliphatic carboxylic acids is 1. The van der Waals surface area contributed by atoms with Crippen molar-refractivity contribution >= 4 is 35.5 Å². The molecule has 0 aliphatic carbocycles. The molecule has 0 aromatic heterocycles. The molecule has 0 aromatic carbocycles. The number of aliphatic hydroxyl groups excluding tert-OH is 3. The molecule has 0 bridgehead atoms. The second-order valence-corrected chi connectivity index (χ2v) is 8.69. The summed E-state index contributed by atoms with van der Waals surface area (Å²) < 4.78 is 0. The maximum absolute atomic E-state index is 12.7. The van der Waals surface area contributed by atoms with E-state index in [-0.39, 0.29) is 0 Å². The van der Waals surface area contributed by atoms with Gasteiger partial charge in [0.05, 0.1) is 18.8 Å². The van der Waals surface area contributed by atoms with Gasteiger partial charge in [-0.2, -0.15) is 0 Å². The molecule has 0 spiro atoms. The molecule has 0 aliphatic heterocycles. The lowest BCUT2D eigenvalue weighted by Gasteiger charge is -2.28. The molecular weight excluding hydrogens is 482 g/mol. The molecule has 0 saturated carbocycles. The summed E-state index contributed by atoms with van der Waals surface area (Å²) in [5.74, 6) is -6.23. The fourth-order valence-corrected chi connectivity index (χ4v) is 2.91. The van der Waals surface area contributed by atoms with Crippen molar-refractivity contribution in [3.8, 4) is 0 Å². The molecule has 7 atom stereocenters. The van der Waals surface area contributed by atoms with E-state index in [2.05, 4.69) is 26.6 Å². The van der Waals surface area contributed by atoms with Crippen molar-refractivity contribution < 1.29 is 49.2 Å². The van der Waals surface area contributed by atoms with Crippen molar-refractivity contribution in [2.75, 3.05) is 6.61 Å². The van der Waals surface area contributed by atoms with E-state index in [0.717, 1.165) is 13.8 Å². The highest BCUT2D eigenvalue weighted by Crippen LogP contribution is 2.04. The van der Waals surface area contributed by atoms with Crippen molar-refractivity contribution in [1.29, 1.82) is 0 Å². The van der Waals surface area contributed by atoms with Gasteiger partial charge in [0, 0.05) is 6.92 Å². The van der Waals surface area contributed by atoms with E-state index in [1.54, 1.807) is 13.8 Å². The zero-order valence-electron chi connectivity index (χ0n) is 21.1. The summed E-state index contributed by atoms with van der Waals surface area (Å²) in [6.07, 6.45) is -2.97. The molecule has 0 aromatic rings. The maximum Gasteiger partial charge on any atom is 0.326 e. The molecule has 0 saturated heterocycles. The Labute approximate surface area is 208 Å².